The fraction of sp³-hybridized carbons (Fsp3) is 0.200. The summed E-state index contributed by atoms with van der Waals surface area (Å²) in [6, 6.07) is 8.15. The van der Waals surface area contributed by atoms with Crippen molar-refractivity contribution in [3.8, 4) is 0 Å². The van der Waals surface area contributed by atoms with Gasteiger partial charge in [0.15, 0.2) is 23.3 Å². The Hall–Kier alpha value is -2.56. The number of ketones is 3. The van der Waals surface area contributed by atoms with E-state index in [1.807, 2.05) is 0 Å². The van der Waals surface area contributed by atoms with Gasteiger partial charge in [0.2, 0.25) is 0 Å². The van der Waals surface area contributed by atoms with Crippen molar-refractivity contribution in [2.75, 3.05) is 0 Å². The van der Waals surface area contributed by atoms with Gasteiger partial charge in [-0.25, -0.2) is 0 Å². The van der Waals surface area contributed by atoms with E-state index in [4.69, 9.17) is 4.74 Å². The molecule has 0 fully saturated rings. The Labute approximate surface area is 115 Å². The van der Waals surface area contributed by atoms with Gasteiger partial charge in [0, 0.05) is 5.56 Å². The number of hydrogen-bond acceptors (Lipinski definition) is 5. The molecule has 0 amide bonds. The lowest BCUT2D eigenvalue weighted by Crippen LogP contribution is -2.39. The third kappa shape index (κ3) is 2.30. The standard InChI is InChI=1S/C15H12O5/c1-8(16)11-14(18)12(9(2)20-15(11)19)13(17)10-6-4-3-5-7-10/h3-7,11H,1-2H3/t11-/m1/s1. The van der Waals surface area contributed by atoms with Crippen molar-refractivity contribution in [3.63, 3.8) is 0 Å². The molecule has 102 valence electrons. The normalized spacial score (nSPS) is 18.8. The second-order valence-corrected chi connectivity index (χ2v) is 4.46. The highest BCUT2D eigenvalue weighted by molar-refractivity contribution is 6.35. The highest BCUT2D eigenvalue weighted by Crippen LogP contribution is 2.25. The molecule has 5 nitrogen and oxygen atoms in total. The van der Waals surface area contributed by atoms with Gasteiger partial charge in [-0.15, -0.1) is 0 Å². The first-order valence-corrected chi connectivity index (χ1v) is 6.00. The van der Waals surface area contributed by atoms with E-state index in [1.165, 1.54) is 6.92 Å². The maximum Gasteiger partial charge on any atom is 0.329 e. The number of carbonyl (C=O) groups is 4. The smallest absolute Gasteiger partial charge is 0.329 e. The molecule has 1 heterocycles. The highest BCUT2D eigenvalue weighted by Gasteiger charge is 2.42. The van der Waals surface area contributed by atoms with Crippen LogP contribution in [0.4, 0.5) is 0 Å². The van der Waals surface area contributed by atoms with Crippen LogP contribution in [0.15, 0.2) is 41.7 Å². The molecule has 1 aliphatic heterocycles. The molecule has 0 N–H and O–H groups in total. The van der Waals surface area contributed by atoms with Crippen LogP contribution in [-0.4, -0.2) is 23.3 Å². The van der Waals surface area contributed by atoms with Gasteiger partial charge in [-0.3, -0.25) is 19.2 Å². The van der Waals surface area contributed by atoms with Crippen molar-refractivity contribution in [2.24, 2.45) is 5.92 Å². The van der Waals surface area contributed by atoms with Crippen LogP contribution in [-0.2, 0) is 19.1 Å². The predicted molar refractivity (Wildman–Crippen MR) is 68.7 cm³/mol. The molecule has 5 heteroatoms. The molecule has 0 radical (unpaired) electrons. The molecule has 0 unspecified atom stereocenters. The Bertz CT molecular complexity index is 639. The summed E-state index contributed by atoms with van der Waals surface area (Å²) < 4.78 is 4.86. The number of allylic oxidation sites excluding steroid dienone is 2. The van der Waals surface area contributed by atoms with Gasteiger partial charge >= 0.3 is 5.97 Å². The van der Waals surface area contributed by atoms with Crippen molar-refractivity contribution in [2.45, 2.75) is 13.8 Å². The summed E-state index contributed by atoms with van der Waals surface area (Å²) in [5.41, 5.74) is 0.0615. The maximum absolute atomic E-state index is 12.3. The molecular weight excluding hydrogens is 260 g/mol. The molecule has 1 atom stereocenters. The SMILES string of the molecule is CC(=O)[C@H]1C(=O)OC(C)=C(C(=O)c2ccccc2)C1=O. The van der Waals surface area contributed by atoms with Crippen molar-refractivity contribution in [1.29, 1.82) is 0 Å². The van der Waals surface area contributed by atoms with Gasteiger partial charge in [-0.2, -0.15) is 0 Å². The highest BCUT2D eigenvalue weighted by atomic mass is 16.5. The number of carbonyl (C=O) groups excluding carboxylic acids is 4. The van der Waals surface area contributed by atoms with Gasteiger partial charge < -0.3 is 4.74 Å². The molecule has 1 aliphatic rings. The Kier molecular flexibility index (Phi) is 3.61. The first kappa shape index (κ1) is 13.9. The van der Waals surface area contributed by atoms with Crippen LogP contribution in [0.1, 0.15) is 24.2 Å². The zero-order valence-corrected chi connectivity index (χ0v) is 11.0. The third-order valence-electron chi connectivity index (χ3n) is 3.02. The average Bonchev–Trinajstić information content (AvgIpc) is 2.38. The Morgan fingerprint density at radius 2 is 1.70 bits per heavy atom. The molecule has 0 spiro atoms. The van der Waals surface area contributed by atoms with E-state index in [-0.39, 0.29) is 11.3 Å². The zero-order chi connectivity index (χ0) is 14.9. The lowest BCUT2D eigenvalue weighted by atomic mass is 9.87. The van der Waals surface area contributed by atoms with E-state index in [0.29, 0.717) is 5.56 Å². The molecule has 0 aromatic heterocycles. The number of rotatable bonds is 3. The van der Waals surface area contributed by atoms with Gasteiger partial charge in [-0.1, -0.05) is 30.3 Å². The van der Waals surface area contributed by atoms with E-state index >= 15 is 0 Å². The molecule has 0 saturated heterocycles. The van der Waals surface area contributed by atoms with E-state index in [1.54, 1.807) is 30.3 Å². The molecule has 20 heavy (non-hydrogen) atoms. The van der Waals surface area contributed by atoms with Crippen LogP contribution < -0.4 is 0 Å². The van der Waals surface area contributed by atoms with Gasteiger partial charge in [0.25, 0.3) is 0 Å². The summed E-state index contributed by atoms with van der Waals surface area (Å²) in [7, 11) is 0. The van der Waals surface area contributed by atoms with Crippen LogP contribution in [0.2, 0.25) is 0 Å². The molecule has 1 aromatic carbocycles. The lowest BCUT2D eigenvalue weighted by Gasteiger charge is -2.21. The second-order valence-electron chi connectivity index (χ2n) is 4.46. The maximum atomic E-state index is 12.3. The van der Waals surface area contributed by atoms with Gasteiger partial charge in [0.1, 0.15) is 11.3 Å². The van der Waals surface area contributed by atoms with Crippen LogP contribution in [0.3, 0.4) is 0 Å². The minimum Gasteiger partial charge on any atom is -0.430 e. The molecule has 0 saturated carbocycles. The number of Topliss-reactive ketones (excluding diaryl/α,β-unsaturated/α-hetero) is 3. The lowest BCUT2D eigenvalue weighted by molar-refractivity contribution is -0.152. The van der Waals surface area contributed by atoms with E-state index in [2.05, 4.69) is 0 Å². The second kappa shape index (κ2) is 5.21. The van der Waals surface area contributed by atoms with Crippen LogP contribution >= 0.6 is 0 Å². The summed E-state index contributed by atoms with van der Waals surface area (Å²) in [6.07, 6.45) is 0. The van der Waals surface area contributed by atoms with Crippen LogP contribution in [0.25, 0.3) is 0 Å². The van der Waals surface area contributed by atoms with Crippen molar-refractivity contribution in [3.05, 3.63) is 47.2 Å². The topological polar surface area (TPSA) is 77.5 Å². The first-order valence-electron chi connectivity index (χ1n) is 6.00. The quantitative estimate of drug-likeness (QED) is 0.360. The van der Waals surface area contributed by atoms with E-state index in [9.17, 15) is 19.2 Å². The summed E-state index contributed by atoms with van der Waals surface area (Å²) in [5, 5.41) is 0. The first-order chi connectivity index (χ1) is 9.43. The summed E-state index contributed by atoms with van der Waals surface area (Å²) in [4.78, 5) is 47.4. The number of ether oxygens (including phenoxy) is 1. The minimum absolute atomic E-state index is 0.0636. The fourth-order valence-corrected chi connectivity index (χ4v) is 2.04. The molecule has 0 bridgehead atoms. The van der Waals surface area contributed by atoms with E-state index in [0.717, 1.165) is 6.92 Å². The largest absolute Gasteiger partial charge is 0.430 e. The molecule has 2 rings (SSSR count). The summed E-state index contributed by atoms with van der Waals surface area (Å²) in [5.74, 6) is -4.50. The van der Waals surface area contributed by atoms with Crippen molar-refractivity contribution < 1.29 is 23.9 Å². The van der Waals surface area contributed by atoms with E-state index < -0.39 is 29.2 Å². The Morgan fingerprint density at radius 3 is 2.25 bits per heavy atom. The molecule has 0 aliphatic carbocycles. The summed E-state index contributed by atoms with van der Waals surface area (Å²) in [6.45, 7) is 2.48. The van der Waals surface area contributed by atoms with Gasteiger partial charge in [-0.05, 0) is 13.8 Å². The number of benzene rings is 1. The average molecular weight is 272 g/mol. The fourth-order valence-electron chi connectivity index (χ4n) is 2.04. The van der Waals surface area contributed by atoms with Crippen LogP contribution in [0, 0.1) is 5.92 Å². The minimum atomic E-state index is -1.54. The number of esters is 1. The molecular formula is C15H12O5. The zero-order valence-electron chi connectivity index (χ0n) is 11.0. The summed E-state index contributed by atoms with van der Waals surface area (Å²) >= 11 is 0. The Morgan fingerprint density at radius 1 is 1.10 bits per heavy atom. The van der Waals surface area contributed by atoms with Crippen LogP contribution in [0.5, 0.6) is 0 Å². The van der Waals surface area contributed by atoms with Gasteiger partial charge in [0.05, 0.1) is 0 Å². The number of hydrogen-bond donors (Lipinski definition) is 0. The Balaban J connectivity index is 2.47. The molecule has 1 aromatic rings. The van der Waals surface area contributed by atoms with Crippen molar-refractivity contribution >= 4 is 23.3 Å². The monoisotopic (exact) mass is 272 g/mol. The van der Waals surface area contributed by atoms with Crippen molar-refractivity contribution in [1.82, 2.24) is 0 Å². The predicted octanol–water partition coefficient (Wildman–Crippen LogP) is 1.47. The third-order valence-corrected chi connectivity index (χ3v) is 3.02. The number of cyclic esters (lactones) is 1.